The summed E-state index contributed by atoms with van der Waals surface area (Å²) >= 11 is 0. The first kappa shape index (κ1) is 11.4. The van der Waals surface area contributed by atoms with Crippen LogP contribution in [0, 0.1) is 0 Å². The van der Waals surface area contributed by atoms with Crippen LogP contribution >= 0.6 is 0 Å². The van der Waals surface area contributed by atoms with Crippen molar-refractivity contribution < 1.29 is 19.7 Å². The van der Waals surface area contributed by atoms with Crippen LogP contribution in [0.2, 0.25) is 0 Å². The Bertz CT molecular complexity index is 354. The Labute approximate surface area is 86.6 Å². The zero-order valence-corrected chi connectivity index (χ0v) is 8.30. The minimum absolute atomic E-state index is 0.0541. The van der Waals surface area contributed by atoms with Gasteiger partial charge in [-0.1, -0.05) is 0 Å². The van der Waals surface area contributed by atoms with Crippen LogP contribution < -0.4 is 4.74 Å². The van der Waals surface area contributed by atoms with E-state index in [1.54, 1.807) is 0 Å². The van der Waals surface area contributed by atoms with Crippen LogP contribution in [0.15, 0.2) is 6.20 Å². The molecule has 0 aliphatic rings. The molecule has 1 aromatic rings. The van der Waals surface area contributed by atoms with Crippen molar-refractivity contribution in [3.8, 4) is 5.88 Å². The number of carboxylic acids is 1. The molecule has 0 aromatic carbocycles. The molecule has 0 saturated carbocycles. The fourth-order valence-electron chi connectivity index (χ4n) is 1.11. The van der Waals surface area contributed by atoms with Gasteiger partial charge < -0.3 is 14.9 Å². The fraction of sp³-hybridized carbons (Fsp3) is 0.444. The molecular weight excluding hydrogens is 200 g/mol. The number of carbonyl (C=O) groups is 1. The molecule has 0 bridgehead atoms. The molecule has 1 aromatic heterocycles. The maximum atomic E-state index is 10.5. The molecular formula is C9H12N2O4. The highest BCUT2D eigenvalue weighted by Crippen LogP contribution is 2.14. The van der Waals surface area contributed by atoms with Gasteiger partial charge >= 0.3 is 5.97 Å². The van der Waals surface area contributed by atoms with Gasteiger partial charge in [0.2, 0.25) is 5.88 Å². The average molecular weight is 212 g/mol. The molecule has 6 nitrogen and oxygen atoms in total. The molecule has 0 aliphatic carbocycles. The zero-order valence-electron chi connectivity index (χ0n) is 8.30. The first-order chi connectivity index (χ1) is 7.17. The number of aliphatic carboxylic acids is 1. The highest BCUT2D eigenvalue weighted by Gasteiger charge is 2.10. The van der Waals surface area contributed by atoms with Crippen molar-refractivity contribution in [1.82, 2.24) is 9.97 Å². The molecule has 82 valence electrons. The number of carboxylic acid groups (broad SMARTS) is 1. The molecule has 0 unspecified atom stereocenters. The van der Waals surface area contributed by atoms with Gasteiger partial charge in [-0.25, -0.2) is 4.98 Å². The number of methoxy groups -OCH3 is 1. The summed E-state index contributed by atoms with van der Waals surface area (Å²) in [5, 5.41) is 17.3. The van der Waals surface area contributed by atoms with Gasteiger partial charge in [0.15, 0.2) is 0 Å². The third-order valence-electron chi connectivity index (χ3n) is 1.75. The second-order valence-electron chi connectivity index (χ2n) is 2.86. The second-order valence-corrected chi connectivity index (χ2v) is 2.86. The fourth-order valence-corrected chi connectivity index (χ4v) is 1.11. The smallest absolute Gasteiger partial charge is 0.308 e. The Morgan fingerprint density at radius 3 is 2.87 bits per heavy atom. The van der Waals surface area contributed by atoms with E-state index in [1.807, 2.05) is 0 Å². The molecule has 0 aliphatic heterocycles. The summed E-state index contributed by atoms with van der Waals surface area (Å²) in [6, 6.07) is 0. The van der Waals surface area contributed by atoms with Crippen molar-refractivity contribution >= 4 is 5.97 Å². The van der Waals surface area contributed by atoms with E-state index in [-0.39, 0.29) is 18.9 Å². The second kappa shape index (κ2) is 5.26. The van der Waals surface area contributed by atoms with Crippen LogP contribution in [0.1, 0.15) is 11.4 Å². The van der Waals surface area contributed by atoms with Crippen molar-refractivity contribution in [3.63, 3.8) is 0 Å². The molecule has 1 heterocycles. The van der Waals surface area contributed by atoms with Crippen molar-refractivity contribution in [2.75, 3.05) is 13.7 Å². The molecule has 0 amide bonds. The van der Waals surface area contributed by atoms with E-state index in [1.165, 1.54) is 13.3 Å². The predicted octanol–water partition coefficient (Wildman–Crippen LogP) is -0.353. The van der Waals surface area contributed by atoms with E-state index in [9.17, 15) is 4.79 Å². The summed E-state index contributed by atoms with van der Waals surface area (Å²) in [6.45, 7) is -0.0541. The summed E-state index contributed by atoms with van der Waals surface area (Å²) in [5.74, 6) is -0.286. The Morgan fingerprint density at radius 2 is 2.33 bits per heavy atom. The quantitative estimate of drug-likeness (QED) is 0.692. The molecule has 0 radical (unpaired) electrons. The monoisotopic (exact) mass is 212 g/mol. The third kappa shape index (κ3) is 3.17. The lowest BCUT2D eigenvalue weighted by molar-refractivity contribution is -0.136. The Kier molecular flexibility index (Phi) is 3.99. The van der Waals surface area contributed by atoms with Gasteiger partial charge in [-0.15, -0.1) is 0 Å². The number of hydrogen-bond acceptors (Lipinski definition) is 5. The van der Waals surface area contributed by atoms with E-state index >= 15 is 0 Å². The number of hydrogen-bond donors (Lipinski definition) is 2. The van der Waals surface area contributed by atoms with E-state index < -0.39 is 5.97 Å². The first-order valence-electron chi connectivity index (χ1n) is 4.38. The lowest BCUT2D eigenvalue weighted by atomic mass is 10.2. The van der Waals surface area contributed by atoms with Crippen molar-refractivity contribution in [3.05, 3.63) is 17.6 Å². The van der Waals surface area contributed by atoms with Gasteiger partial charge in [-0.3, -0.25) is 4.79 Å². The SMILES string of the molecule is COc1nc(CCO)ncc1CC(=O)O. The number of nitrogens with zero attached hydrogens (tertiary/aromatic N) is 2. The van der Waals surface area contributed by atoms with Crippen molar-refractivity contribution in [2.45, 2.75) is 12.8 Å². The maximum absolute atomic E-state index is 10.5. The topological polar surface area (TPSA) is 92.5 Å². The van der Waals surface area contributed by atoms with Crippen LogP contribution in [-0.2, 0) is 17.6 Å². The number of aliphatic hydroxyl groups excluding tert-OH is 1. The molecule has 2 N–H and O–H groups in total. The largest absolute Gasteiger partial charge is 0.481 e. The number of aromatic nitrogens is 2. The Morgan fingerprint density at radius 1 is 1.60 bits per heavy atom. The lowest BCUT2D eigenvalue weighted by Gasteiger charge is -2.06. The van der Waals surface area contributed by atoms with Crippen LogP contribution in [0.4, 0.5) is 0 Å². The summed E-state index contributed by atoms with van der Waals surface area (Å²) in [4.78, 5) is 18.4. The summed E-state index contributed by atoms with van der Waals surface area (Å²) in [7, 11) is 1.41. The molecule has 0 saturated heterocycles. The van der Waals surface area contributed by atoms with E-state index in [0.29, 0.717) is 17.8 Å². The highest BCUT2D eigenvalue weighted by atomic mass is 16.5. The summed E-state index contributed by atoms with van der Waals surface area (Å²) in [5.41, 5.74) is 0.423. The van der Waals surface area contributed by atoms with Crippen LogP contribution in [-0.4, -0.2) is 39.9 Å². The number of ether oxygens (including phenoxy) is 1. The van der Waals surface area contributed by atoms with E-state index in [2.05, 4.69) is 9.97 Å². The Hall–Kier alpha value is -1.69. The molecule has 6 heteroatoms. The zero-order chi connectivity index (χ0) is 11.3. The van der Waals surface area contributed by atoms with E-state index in [4.69, 9.17) is 14.9 Å². The first-order valence-corrected chi connectivity index (χ1v) is 4.38. The third-order valence-corrected chi connectivity index (χ3v) is 1.75. The van der Waals surface area contributed by atoms with Gasteiger partial charge in [-0.05, 0) is 0 Å². The number of aliphatic hydroxyl groups is 1. The standard InChI is InChI=1S/C9H12N2O4/c1-15-9-6(4-8(13)14)5-10-7(11-9)2-3-12/h5,12H,2-4H2,1H3,(H,13,14). The van der Waals surface area contributed by atoms with Crippen LogP contribution in [0.5, 0.6) is 5.88 Å². The van der Waals surface area contributed by atoms with Gasteiger partial charge in [-0.2, -0.15) is 4.98 Å². The van der Waals surface area contributed by atoms with Gasteiger partial charge in [0.1, 0.15) is 5.82 Å². The summed E-state index contributed by atoms with van der Waals surface area (Å²) < 4.78 is 4.94. The predicted molar refractivity (Wildman–Crippen MR) is 50.7 cm³/mol. The normalized spacial score (nSPS) is 10.0. The average Bonchev–Trinajstić information content (AvgIpc) is 2.20. The molecule has 0 fully saturated rings. The minimum Gasteiger partial charge on any atom is -0.481 e. The minimum atomic E-state index is -0.966. The van der Waals surface area contributed by atoms with Crippen LogP contribution in [0.25, 0.3) is 0 Å². The maximum Gasteiger partial charge on any atom is 0.308 e. The molecule has 0 atom stereocenters. The van der Waals surface area contributed by atoms with Gasteiger partial charge in [0, 0.05) is 18.2 Å². The molecule has 15 heavy (non-hydrogen) atoms. The highest BCUT2D eigenvalue weighted by molar-refractivity contribution is 5.70. The Balaban J connectivity index is 2.92. The van der Waals surface area contributed by atoms with Crippen molar-refractivity contribution in [2.24, 2.45) is 0 Å². The van der Waals surface area contributed by atoms with Gasteiger partial charge in [0.05, 0.1) is 20.1 Å². The molecule has 1 rings (SSSR count). The van der Waals surface area contributed by atoms with Crippen molar-refractivity contribution in [1.29, 1.82) is 0 Å². The van der Waals surface area contributed by atoms with E-state index in [0.717, 1.165) is 0 Å². The van der Waals surface area contributed by atoms with Crippen LogP contribution in [0.3, 0.4) is 0 Å². The number of rotatable bonds is 5. The lowest BCUT2D eigenvalue weighted by Crippen LogP contribution is -2.07. The molecule has 0 spiro atoms. The van der Waals surface area contributed by atoms with Gasteiger partial charge in [0.25, 0.3) is 0 Å². The summed E-state index contributed by atoms with van der Waals surface area (Å²) in [6.07, 6.45) is 1.55.